The molecule has 8 nitrogen and oxygen atoms in total. The molecule has 0 radical (unpaired) electrons. The molecule has 234 valence electrons. The highest BCUT2D eigenvalue weighted by atomic mass is 32.2. The average molecular weight is 639 g/mol. The van der Waals surface area contributed by atoms with Crippen molar-refractivity contribution in [3.05, 3.63) is 70.8 Å². The van der Waals surface area contributed by atoms with Crippen molar-refractivity contribution in [1.82, 2.24) is 0 Å². The van der Waals surface area contributed by atoms with E-state index >= 15 is 0 Å². The van der Waals surface area contributed by atoms with Crippen LogP contribution in [0.25, 0.3) is 23.3 Å². The van der Waals surface area contributed by atoms with E-state index in [0.717, 1.165) is 22.3 Å². The van der Waals surface area contributed by atoms with Crippen molar-refractivity contribution >= 4 is 44.0 Å². The van der Waals surface area contributed by atoms with Crippen molar-refractivity contribution in [2.24, 2.45) is 33.5 Å². The molecule has 4 saturated carbocycles. The zero-order valence-electron chi connectivity index (χ0n) is 25.3. The summed E-state index contributed by atoms with van der Waals surface area (Å²) in [7, 11) is -8.63. The van der Waals surface area contributed by atoms with Crippen LogP contribution in [-0.4, -0.2) is 49.0 Å². The van der Waals surface area contributed by atoms with Gasteiger partial charge in [0.1, 0.15) is 0 Å². The predicted octanol–water partition coefficient (Wildman–Crippen LogP) is 5.91. The smallest absolute Gasteiger partial charge is 0.265 e. The van der Waals surface area contributed by atoms with Gasteiger partial charge < -0.3 is 0 Å². The Hall–Kier alpha value is -2.92. The number of benzene rings is 2. The first-order valence-corrected chi connectivity index (χ1v) is 18.2. The zero-order chi connectivity index (χ0) is 32.1. The lowest BCUT2D eigenvalue weighted by Crippen LogP contribution is -2.42. The van der Waals surface area contributed by atoms with Gasteiger partial charge in [0.15, 0.2) is 11.6 Å². The van der Waals surface area contributed by atoms with Crippen LogP contribution in [0.4, 0.5) is 0 Å². The van der Waals surface area contributed by atoms with Crippen LogP contribution in [0.5, 0.6) is 0 Å². The Morgan fingerprint density at radius 2 is 0.955 bits per heavy atom. The lowest BCUT2D eigenvalue weighted by atomic mass is 9.70. The number of carbonyl (C=O) groups is 2. The van der Waals surface area contributed by atoms with E-state index in [2.05, 4.69) is 0 Å². The molecule has 0 heterocycles. The number of hydrogen-bond donors (Lipinski definition) is 2. The quantitative estimate of drug-likeness (QED) is 0.282. The van der Waals surface area contributed by atoms with Crippen molar-refractivity contribution in [3.8, 4) is 11.1 Å². The van der Waals surface area contributed by atoms with Crippen LogP contribution in [0.15, 0.2) is 59.7 Å². The molecule has 4 atom stereocenters. The highest BCUT2D eigenvalue weighted by Gasteiger charge is 2.68. The van der Waals surface area contributed by atoms with Crippen LogP contribution in [0.2, 0.25) is 0 Å². The summed E-state index contributed by atoms with van der Waals surface area (Å²) in [6, 6.07) is 15.5. The van der Waals surface area contributed by atoms with Gasteiger partial charge in [0, 0.05) is 11.1 Å². The molecular formula is C34H38O8S2. The van der Waals surface area contributed by atoms with Gasteiger partial charge in [-0.25, -0.2) is 0 Å². The Bertz CT molecular complexity index is 1710. The van der Waals surface area contributed by atoms with E-state index in [-0.39, 0.29) is 23.4 Å². The third-order valence-electron chi connectivity index (χ3n) is 11.7. The molecule has 2 aromatic carbocycles. The van der Waals surface area contributed by atoms with Crippen LogP contribution < -0.4 is 0 Å². The highest BCUT2D eigenvalue weighted by Crippen LogP contribution is 2.67. The molecule has 4 aliphatic carbocycles. The second-order valence-electron chi connectivity index (χ2n) is 14.3. The van der Waals surface area contributed by atoms with E-state index in [1.54, 1.807) is 0 Å². The Kier molecular flexibility index (Phi) is 6.91. The summed E-state index contributed by atoms with van der Waals surface area (Å²) in [6.45, 7) is 7.68. The highest BCUT2D eigenvalue weighted by molar-refractivity contribution is 7.86. The Morgan fingerprint density at radius 3 is 1.25 bits per heavy atom. The fourth-order valence-electron chi connectivity index (χ4n) is 9.09. The predicted molar refractivity (Wildman–Crippen MR) is 169 cm³/mol. The minimum Gasteiger partial charge on any atom is -0.294 e. The number of fused-ring (bicyclic) bond motifs is 4. The standard InChI is InChI=1S/C34H38O8S2/c1-31(2)27-13-15-33(31,19-43(37,38)39)29(35)25(27)17-21-5-9-23(10-6-21)24-11-7-22(8-12-24)18-26-28-14-16-34(30(26)36,32(28,3)4)20-44(40,41)42/h5-12,17-18,27-28H,13-16,19-20H2,1-4H3,(H,37,38,39)(H,40,41,42)/b25-17+,26-18+/t27-,28-,33-,34-/m1/s1. The number of Topliss-reactive ketones (excluding diaryl/α,β-unsaturated/α-hetero) is 2. The molecule has 4 fully saturated rings. The molecule has 10 heteroatoms. The summed E-state index contributed by atoms with van der Waals surface area (Å²) in [5.41, 5.74) is 1.46. The normalized spacial score (nSPS) is 32.3. The summed E-state index contributed by atoms with van der Waals surface area (Å²) in [6.07, 6.45) is 6.00. The van der Waals surface area contributed by atoms with Gasteiger partial charge in [-0.15, -0.1) is 0 Å². The SMILES string of the molecule is CC1(C)[C@@H]2CC[C@@]1(CS(=O)(=O)O)C(=O)/C2=C/c1ccc(-c2ccc(/C=C3/C(=O)[C@]4(CS(=O)(=O)O)CC[C@H]3C4(C)C)cc2)cc1. The van der Waals surface area contributed by atoms with E-state index in [0.29, 0.717) is 36.8 Å². The number of allylic oxidation sites excluding steroid dienone is 2. The average Bonchev–Trinajstić information content (AvgIpc) is 3.42. The van der Waals surface area contributed by atoms with Gasteiger partial charge in [-0.05, 0) is 82.8 Å². The summed E-state index contributed by atoms with van der Waals surface area (Å²) in [5, 5.41) is 0. The maximum atomic E-state index is 13.5. The van der Waals surface area contributed by atoms with Gasteiger partial charge in [0.2, 0.25) is 0 Å². The number of hydrogen-bond acceptors (Lipinski definition) is 6. The summed E-state index contributed by atoms with van der Waals surface area (Å²) in [4.78, 5) is 27.0. The molecule has 0 spiro atoms. The molecule has 0 aliphatic heterocycles. The van der Waals surface area contributed by atoms with E-state index in [4.69, 9.17) is 0 Å². The molecule has 2 N–H and O–H groups in total. The van der Waals surface area contributed by atoms with Gasteiger partial charge in [0.05, 0.1) is 22.3 Å². The second-order valence-corrected chi connectivity index (χ2v) is 17.2. The topological polar surface area (TPSA) is 143 Å². The molecule has 0 unspecified atom stereocenters. The van der Waals surface area contributed by atoms with E-state index in [9.17, 15) is 35.5 Å². The lowest BCUT2D eigenvalue weighted by molar-refractivity contribution is -0.125. The summed E-state index contributed by atoms with van der Waals surface area (Å²) >= 11 is 0. The first-order chi connectivity index (χ1) is 20.3. The maximum Gasteiger partial charge on any atom is 0.265 e. The van der Waals surface area contributed by atoms with Crippen LogP contribution in [-0.2, 0) is 29.8 Å². The van der Waals surface area contributed by atoms with Crippen LogP contribution in [0.3, 0.4) is 0 Å². The molecule has 0 aromatic heterocycles. The third-order valence-corrected chi connectivity index (χ3v) is 13.4. The van der Waals surface area contributed by atoms with Crippen molar-refractivity contribution in [1.29, 1.82) is 0 Å². The molecule has 2 aromatic rings. The van der Waals surface area contributed by atoms with E-state index < -0.39 is 53.4 Å². The first kappa shape index (κ1) is 31.1. The fraction of sp³-hybridized carbons (Fsp3) is 0.471. The van der Waals surface area contributed by atoms with Gasteiger partial charge in [-0.3, -0.25) is 18.7 Å². The zero-order valence-corrected chi connectivity index (χ0v) is 27.0. The van der Waals surface area contributed by atoms with Crippen molar-refractivity contribution in [2.45, 2.75) is 53.4 Å². The van der Waals surface area contributed by atoms with Gasteiger partial charge in [-0.1, -0.05) is 76.2 Å². The van der Waals surface area contributed by atoms with E-state index in [1.165, 1.54) is 0 Å². The summed E-state index contributed by atoms with van der Waals surface area (Å²) < 4.78 is 66.5. The second kappa shape index (κ2) is 9.79. The minimum absolute atomic E-state index is 0.0754. The van der Waals surface area contributed by atoms with Crippen LogP contribution in [0.1, 0.15) is 64.5 Å². The van der Waals surface area contributed by atoms with Gasteiger partial charge >= 0.3 is 0 Å². The summed E-state index contributed by atoms with van der Waals surface area (Å²) in [5.74, 6) is -1.63. The van der Waals surface area contributed by atoms with Gasteiger partial charge in [0.25, 0.3) is 20.2 Å². The number of ketones is 2. The first-order valence-electron chi connectivity index (χ1n) is 15.0. The van der Waals surface area contributed by atoms with Crippen molar-refractivity contribution in [2.75, 3.05) is 11.5 Å². The maximum absolute atomic E-state index is 13.5. The number of rotatable bonds is 7. The minimum atomic E-state index is -4.32. The monoisotopic (exact) mass is 638 g/mol. The largest absolute Gasteiger partial charge is 0.294 e. The number of carbonyl (C=O) groups excluding carboxylic acids is 2. The van der Waals surface area contributed by atoms with Gasteiger partial charge in [-0.2, -0.15) is 16.8 Å². The van der Waals surface area contributed by atoms with E-state index in [1.807, 2.05) is 88.4 Å². The Balaban J connectivity index is 1.22. The Labute approximate surface area is 259 Å². The van der Waals surface area contributed by atoms with Crippen molar-refractivity contribution in [3.63, 3.8) is 0 Å². The fourth-order valence-corrected chi connectivity index (χ4v) is 11.6. The third kappa shape index (κ3) is 4.59. The molecule has 6 rings (SSSR count). The molecule has 44 heavy (non-hydrogen) atoms. The Morgan fingerprint density at radius 1 is 0.636 bits per heavy atom. The molecular weight excluding hydrogens is 601 g/mol. The molecule has 0 saturated heterocycles. The molecule has 4 aliphatic rings. The lowest BCUT2D eigenvalue weighted by Gasteiger charge is -2.34. The van der Waals surface area contributed by atoms with Crippen LogP contribution in [0, 0.1) is 33.5 Å². The van der Waals surface area contributed by atoms with Crippen molar-refractivity contribution < 1.29 is 35.5 Å². The molecule has 4 bridgehead atoms. The van der Waals surface area contributed by atoms with Crippen LogP contribution >= 0.6 is 0 Å². The molecule has 0 amide bonds.